The van der Waals surface area contributed by atoms with Crippen LogP contribution in [-0.4, -0.2) is 55.1 Å². The summed E-state index contributed by atoms with van der Waals surface area (Å²) in [4.78, 5) is 30.9. The van der Waals surface area contributed by atoms with Crippen molar-refractivity contribution in [2.45, 2.75) is 19.4 Å². The molecule has 0 radical (unpaired) electrons. The summed E-state index contributed by atoms with van der Waals surface area (Å²) in [5.41, 5.74) is 2.18. The standard InChI is InChI=1S/C25H25FN2O4/c1-16-3-8-20-19(15-16)23(29)21-22(17-4-6-18(26)7-5-17)28(25(30)24(21)32-20)10-2-9-27-11-13-31-14-12-27/h3-8,15,22H,2,9-14H2,1H3/t22-/m1/s1. The van der Waals surface area contributed by atoms with Crippen molar-refractivity contribution in [3.8, 4) is 0 Å². The molecule has 6 nitrogen and oxygen atoms in total. The van der Waals surface area contributed by atoms with Crippen LogP contribution in [0, 0.1) is 12.7 Å². The third kappa shape index (κ3) is 3.72. The molecule has 166 valence electrons. The highest BCUT2D eigenvalue weighted by Crippen LogP contribution is 2.38. The van der Waals surface area contributed by atoms with E-state index in [-0.39, 0.29) is 22.9 Å². The molecule has 2 aliphatic heterocycles. The first-order valence-corrected chi connectivity index (χ1v) is 11.0. The predicted molar refractivity (Wildman–Crippen MR) is 118 cm³/mol. The highest BCUT2D eigenvalue weighted by atomic mass is 19.1. The number of benzene rings is 2. The Morgan fingerprint density at radius 2 is 1.78 bits per heavy atom. The van der Waals surface area contributed by atoms with Gasteiger partial charge in [0.1, 0.15) is 11.4 Å². The van der Waals surface area contributed by atoms with Gasteiger partial charge in [-0.25, -0.2) is 4.39 Å². The fourth-order valence-electron chi connectivity index (χ4n) is 4.65. The number of morpholine rings is 1. The number of rotatable bonds is 5. The lowest BCUT2D eigenvalue weighted by atomic mass is 9.98. The first kappa shape index (κ1) is 20.8. The second-order valence-corrected chi connectivity index (χ2v) is 8.43. The first-order chi connectivity index (χ1) is 15.5. The monoisotopic (exact) mass is 436 g/mol. The lowest BCUT2D eigenvalue weighted by Crippen LogP contribution is -2.38. The predicted octanol–water partition coefficient (Wildman–Crippen LogP) is 3.51. The van der Waals surface area contributed by atoms with Crippen LogP contribution >= 0.6 is 0 Å². The quantitative estimate of drug-likeness (QED) is 0.613. The van der Waals surface area contributed by atoms with Crippen molar-refractivity contribution in [3.63, 3.8) is 0 Å². The Morgan fingerprint density at radius 1 is 1.03 bits per heavy atom. The fraction of sp³-hybridized carbons (Fsp3) is 0.360. The molecule has 3 heterocycles. The molecule has 1 amide bonds. The van der Waals surface area contributed by atoms with Gasteiger partial charge in [0, 0.05) is 26.2 Å². The Hall–Kier alpha value is -3.03. The van der Waals surface area contributed by atoms with Crippen molar-refractivity contribution < 1.29 is 18.3 Å². The van der Waals surface area contributed by atoms with E-state index in [0.717, 1.165) is 44.8 Å². The molecule has 1 aromatic heterocycles. The average molecular weight is 436 g/mol. The molecule has 1 atom stereocenters. The highest BCUT2D eigenvalue weighted by molar-refractivity contribution is 5.99. The van der Waals surface area contributed by atoms with E-state index in [4.69, 9.17) is 9.15 Å². The fourth-order valence-corrected chi connectivity index (χ4v) is 4.65. The van der Waals surface area contributed by atoms with Crippen molar-refractivity contribution >= 4 is 16.9 Å². The third-order valence-corrected chi connectivity index (χ3v) is 6.28. The Balaban J connectivity index is 1.53. The molecule has 0 unspecified atom stereocenters. The lowest BCUT2D eigenvalue weighted by Gasteiger charge is -2.29. The van der Waals surface area contributed by atoms with Crippen molar-refractivity contribution in [2.75, 3.05) is 39.4 Å². The largest absolute Gasteiger partial charge is 0.450 e. The highest BCUT2D eigenvalue weighted by Gasteiger charge is 2.42. The smallest absolute Gasteiger partial charge is 0.290 e. The maximum absolute atomic E-state index is 13.6. The van der Waals surface area contributed by atoms with E-state index in [9.17, 15) is 14.0 Å². The van der Waals surface area contributed by atoms with Gasteiger partial charge in [-0.15, -0.1) is 0 Å². The van der Waals surface area contributed by atoms with E-state index >= 15 is 0 Å². The second kappa shape index (κ2) is 8.48. The zero-order valence-corrected chi connectivity index (χ0v) is 18.0. The van der Waals surface area contributed by atoms with Gasteiger partial charge >= 0.3 is 0 Å². The summed E-state index contributed by atoms with van der Waals surface area (Å²) in [5, 5.41) is 0.457. The lowest BCUT2D eigenvalue weighted by molar-refractivity contribution is 0.0353. The molecule has 1 fully saturated rings. The van der Waals surface area contributed by atoms with E-state index in [1.54, 1.807) is 29.2 Å². The molecule has 0 spiro atoms. The molecule has 2 aliphatic rings. The van der Waals surface area contributed by atoms with Crippen LogP contribution in [0.4, 0.5) is 4.39 Å². The van der Waals surface area contributed by atoms with Crippen LogP contribution in [0.3, 0.4) is 0 Å². The Bertz CT molecular complexity index is 1220. The Labute approximate surface area is 185 Å². The van der Waals surface area contributed by atoms with Gasteiger partial charge in [0.15, 0.2) is 5.43 Å². The normalized spacial score (nSPS) is 19.0. The molecule has 7 heteroatoms. The number of carbonyl (C=O) groups is 1. The van der Waals surface area contributed by atoms with Crippen LogP contribution in [0.5, 0.6) is 0 Å². The van der Waals surface area contributed by atoms with Crippen molar-refractivity contribution in [1.82, 2.24) is 9.80 Å². The van der Waals surface area contributed by atoms with Crippen LogP contribution in [0.15, 0.2) is 51.7 Å². The SMILES string of the molecule is Cc1ccc2oc3c(c(=O)c2c1)[C@@H](c1ccc(F)cc1)N(CCCN1CCOCC1)C3=O. The minimum Gasteiger partial charge on any atom is -0.450 e. The number of fused-ring (bicyclic) bond motifs is 2. The molecule has 0 saturated carbocycles. The van der Waals surface area contributed by atoms with E-state index in [0.29, 0.717) is 28.6 Å². The molecule has 0 bridgehead atoms. The minimum atomic E-state index is -0.594. The number of hydrogen-bond donors (Lipinski definition) is 0. The van der Waals surface area contributed by atoms with Gasteiger partial charge in [0.25, 0.3) is 5.91 Å². The van der Waals surface area contributed by atoms with E-state index in [2.05, 4.69) is 4.90 Å². The number of halogens is 1. The van der Waals surface area contributed by atoms with Gasteiger partial charge in [-0.2, -0.15) is 0 Å². The first-order valence-electron chi connectivity index (χ1n) is 11.0. The zero-order chi connectivity index (χ0) is 22.2. The summed E-state index contributed by atoms with van der Waals surface area (Å²) in [7, 11) is 0. The van der Waals surface area contributed by atoms with Crippen LogP contribution in [0.25, 0.3) is 11.0 Å². The molecule has 2 aromatic carbocycles. The topological polar surface area (TPSA) is 63.0 Å². The van der Waals surface area contributed by atoms with Crippen LogP contribution < -0.4 is 5.43 Å². The second-order valence-electron chi connectivity index (χ2n) is 8.43. The summed E-state index contributed by atoms with van der Waals surface area (Å²) in [6.45, 7) is 6.40. The van der Waals surface area contributed by atoms with Crippen LogP contribution in [0.1, 0.15) is 39.7 Å². The molecular formula is C25H25FN2O4. The van der Waals surface area contributed by atoms with Crippen molar-refractivity contribution in [1.29, 1.82) is 0 Å². The van der Waals surface area contributed by atoms with Crippen molar-refractivity contribution in [3.05, 3.63) is 81.0 Å². The van der Waals surface area contributed by atoms with Gasteiger partial charge in [-0.1, -0.05) is 23.8 Å². The maximum atomic E-state index is 13.6. The number of nitrogens with zero attached hydrogens (tertiary/aromatic N) is 2. The number of ether oxygens (including phenoxy) is 1. The summed E-state index contributed by atoms with van der Waals surface area (Å²) in [6, 6.07) is 10.8. The molecule has 3 aromatic rings. The van der Waals surface area contributed by atoms with Gasteiger partial charge in [0.2, 0.25) is 5.76 Å². The summed E-state index contributed by atoms with van der Waals surface area (Å²) in [6.07, 6.45) is 0.754. The van der Waals surface area contributed by atoms with Gasteiger partial charge < -0.3 is 14.1 Å². The minimum absolute atomic E-state index is 0.0899. The number of carbonyl (C=O) groups excluding carboxylic acids is 1. The molecular weight excluding hydrogens is 411 g/mol. The summed E-state index contributed by atoms with van der Waals surface area (Å²) >= 11 is 0. The molecule has 5 rings (SSSR count). The van der Waals surface area contributed by atoms with Crippen LogP contribution in [-0.2, 0) is 4.74 Å². The average Bonchev–Trinajstić information content (AvgIpc) is 3.08. The third-order valence-electron chi connectivity index (χ3n) is 6.28. The van der Waals surface area contributed by atoms with Gasteiger partial charge in [-0.05, 0) is 43.2 Å². The molecule has 1 saturated heterocycles. The van der Waals surface area contributed by atoms with Gasteiger partial charge in [0.05, 0.1) is 30.2 Å². The Kier molecular flexibility index (Phi) is 5.53. The summed E-state index contributed by atoms with van der Waals surface area (Å²) in [5.74, 6) is -0.568. The Morgan fingerprint density at radius 3 is 2.53 bits per heavy atom. The van der Waals surface area contributed by atoms with E-state index in [1.807, 2.05) is 13.0 Å². The zero-order valence-electron chi connectivity index (χ0n) is 18.0. The number of amides is 1. The number of aryl methyl sites for hydroxylation is 1. The molecule has 0 aliphatic carbocycles. The van der Waals surface area contributed by atoms with Crippen LogP contribution in [0.2, 0.25) is 0 Å². The number of hydrogen-bond acceptors (Lipinski definition) is 5. The summed E-state index contributed by atoms with van der Waals surface area (Å²) < 4.78 is 25.0. The van der Waals surface area contributed by atoms with Crippen molar-refractivity contribution in [2.24, 2.45) is 0 Å². The van der Waals surface area contributed by atoms with E-state index < -0.39 is 6.04 Å². The maximum Gasteiger partial charge on any atom is 0.290 e. The molecule has 0 N–H and O–H groups in total. The van der Waals surface area contributed by atoms with Gasteiger partial charge in [-0.3, -0.25) is 14.5 Å². The molecule has 32 heavy (non-hydrogen) atoms. The van der Waals surface area contributed by atoms with E-state index in [1.165, 1.54) is 12.1 Å².